The Morgan fingerprint density at radius 3 is 2.67 bits per heavy atom. The highest BCUT2D eigenvalue weighted by Crippen LogP contribution is 2.25. The molecule has 8 nitrogen and oxygen atoms in total. The smallest absolute Gasteiger partial charge is 0.336 e. The lowest BCUT2D eigenvalue weighted by Crippen LogP contribution is -2.16. The highest BCUT2D eigenvalue weighted by atomic mass is 16.5. The van der Waals surface area contributed by atoms with Crippen molar-refractivity contribution >= 4 is 11.9 Å². The Balaban J connectivity index is 2.05. The first kappa shape index (κ1) is 14.6. The van der Waals surface area contributed by atoms with Crippen LogP contribution in [-0.2, 0) is 11.2 Å². The molecule has 0 bridgehead atoms. The fourth-order valence-corrected chi connectivity index (χ4v) is 1.74. The van der Waals surface area contributed by atoms with Crippen LogP contribution in [0.3, 0.4) is 0 Å². The molecule has 1 amide bonds. The minimum absolute atomic E-state index is 0.135. The van der Waals surface area contributed by atoms with E-state index in [0.717, 1.165) is 5.56 Å². The Morgan fingerprint density at radius 2 is 2.05 bits per heavy atom. The Bertz CT molecular complexity index is 626. The number of aromatic amines is 1. The molecule has 0 aliphatic heterocycles. The minimum atomic E-state index is -0.253. The van der Waals surface area contributed by atoms with Crippen LogP contribution in [0, 0.1) is 0 Å². The summed E-state index contributed by atoms with van der Waals surface area (Å²) in [5.41, 5.74) is 0.738. The number of benzene rings is 1. The lowest BCUT2D eigenvalue weighted by atomic mass is 10.1. The number of methoxy groups -OCH3 is 3. The second kappa shape index (κ2) is 6.60. The number of nitrogens with one attached hydrogen (secondary N) is 2. The topological polar surface area (TPSA) is 98.4 Å². The molecule has 0 atom stereocenters. The largest absolute Gasteiger partial charge is 0.497 e. The molecule has 112 valence electrons. The highest BCUT2D eigenvalue weighted by Gasteiger charge is 2.12. The summed E-state index contributed by atoms with van der Waals surface area (Å²) in [6.45, 7) is 0. The maximum atomic E-state index is 12.0. The Labute approximate surface area is 121 Å². The van der Waals surface area contributed by atoms with Crippen LogP contribution < -0.4 is 19.5 Å². The quantitative estimate of drug-likeness (QED) is 0.824. The molecule has 1 heterocycles. The van der Waals surface area contributed by atoms with Gasteiger partial charge in [-0.2, -0.15) is 4.98 Å². The first-order chi connectivity index (χ1) is 10.2. The molecule has 1 aromatic carbocycles. The summed E-state index contributed by atoms with van der Waals surface area (Å²) >= 11 is 0. The van der Waals surface area contributed by atoms with Gasteiger partial charge in [0.25, 0.3) is 0 Å². The van der Waals surface area contributed by atoms with Gasteiger partial charge in [-0.05, 0) is 6.07 Å². The van der Waals surface area contributed by atoms with E-state index in [1.165, 1.54) is 14.2 Å². The molecule has 8 heteroatoms. The van der Waals surface area contributed by atoms with E-state index in [-0.39, 0.29) is 24.3 Å². The van der Waals surface area contributed by atoms with Crippen LogP contribution in [-0.4, -0.2) is 42.4 Å². The number of hydrogen-bond donors (Lipinski definition) is 2. The fourth-order valence-electron chi connectivity index (χ4n) is 1.74. The van der Waals surface area contributed by atoms with Crippen LogP contribution in [0.4, 0.5) is 5.95 Å². The van der Waals surface area contributed by atoms with Crippen molar-refractivity contribution in [1.82, 2.24) is 15.2 Å². The number of ether oxygens (including phenoxy) is 3. The number of H-pyrrole nitrogens is 1. The van der Waals surface area contributed by atoms with Crippen molar-refractivity contribution in [3.8, 4) is 17.5 Å². The normalized spacial score (nSPS) is 10.0. The van der Waals surface area contributed by atoms with Gasteiger partial charge in [-0.25, -0.2) is 5.10 Å². The molecule has 1 aromatic heterocycles. The Kier molecular flexibility index (Phi) is 4.60. The molecule has 0 unspecified atom stereocenters. The SMILES string of the molecule is COc1ccc(CC(=O)Nc2nc(OC)n[nH]2)c(OC)c1. The molecule has 0 fully saturated rings. The molecule has 0 aliphatic carbocycles. The van der Waals surface area contributed by atoms with Crippen molar-refractivity contribution in [1.29, 1.82) is 0 Å². The third kappa shape index (κ3) is 3.62. The van der Waals surface area contributed by atoms with Crippen LogP contribution in [0.1, 0.15) is 5.56 Å². The lowest BCUT2D eigenvalue weighted by molar-refractivity contribution is -0.115. The fraction of sp³-hybridized carbons (Fsp3) is 0.308. The predicted octanol–water partition coefficient (Wildman–Crippen LogP) is 1.01. The third-order valence-corrected chi connectivity index (χ3v) is 2.75. The molecule has 0 saturated carbocycles. The zero-order valence-electron chi connectivity index (χ0n) is 12.0. The van der Waals surface area contributed by atoms with Crippen molar-refractivity contribution in [3.05, 3.63) is 23.8 Å². The number of aromatic nitrogens is 3. The van der Waals surface area contributed by atoms with Crippen LogP contribution in [0.25, 0.3) is 0 Å². The summed E-state index contributed by atoms with van der Waals surface area (Å²) in [6, 6.07) is 5.42. The van der Waals surface area contributed by atoms with E-state index < -0.39 is 0 Å². The van der Waals surface area contributed by atoms with Gasteiger partial charge in [0, 0.05) is 11.6 Å². The number of carbonyl (C=O) groups excluding carboxylic acids is 1. The van der Waals surface area contributed by atoms with E-state index in [0.29, 0.717) is 11.5 Å². The maximum Gasteiger partial charge on any atom is 0.336 e. The number of carbonyl (C=O) groups is 1. The van der Waals surface area contributed by atoms with Crippen LogP contribution in [0.2, 0.25) is 0 Å². The number of hydrogen-bond acceptors (Lipinski definition) is 6. The average Bonchev–Trinajstić information content (AvgIpc) is 2.95. The van der Waals surface area contributed by atoms with E-state index in [9.17, 15) is 4.79 Å². The standard InChI is InChI=1S/C13H16N4O4/c1-19-9-5-4-8(10(7-9)20-2)6-11(18)14-12-15-13(21-3)17-16-12/h4-5,7H,6H2,1-3H3,(H2,14,15,16,17,18). The van der Waals surface area contributed by atoms with E-state index >= 15 is 0 Å². The molecule has 2 rings (SSSR count). The first-order valence-corrected chi connectivity index (χ1v) is 6.13. The van der Waals surface area contributed by atoms with Gasteiger partial charge in [0.1, 0.15) is 11.5 Å². The summed E-state index contributed by atoms with van der Waals surface area (Å²) < 4.78 is 15.2. The molecular formula is C13H16N4O4. The average molecular weight is 292 g/mol. The van der Waals surface area contributed by atoms with Gasteiger partial charge in [0.2, 0.25) is 11.9 Å². The zero-order valence-corrected chi connectivity index (χ0v) is 12.0. The lowest BCUT2D eigenvalue weighted by Gasteiger charge is -2.09. The predicted molar refractivity (Wildman–Crippen MR) is 74.8 cm³/mol. The highest BCUT2D eigenvalue weighted by molar-refractivity contribution is 5.91. The maximum absolute atomic E-state index is 12.0. The summed E-state index contributed by atoms with van der Waals surface area (Å²) in [5, 5.41) is 8.88. The number of anilines is 1. The van der Waals surface area contributed by atoms with Crippen molar-refractivity contribution in [3.63, 3.8) is 0 Å². The Hall–Kier alpha value is -2.77. The molecule has 0 saturated heterocycles. The van der Waals surface area contributed by atoms with Gasteiger partial charge in [-0.3, -0.25) is 10.1 Å². The molecule has 0 radical (unpaired) electrons. The van der Waals surface area contributed by atoms with Crippen molar-refractivity contribution in [2.75, 3.05) is 26.6 Å². The van der Waals surface area contributed by atoms with Crippen LogP contribution in [0.5, 0.6) is 17.5 Å². The van der Waals surface area contributed by atoms with Gasteiger partial charge in [0.05, 0.1) is 27.8 Å². The molecule has 0 aliphatic rings. The van der Waals surface area contributed by atoms with Gasteiger partial charge < -0.3 is 14.2 Å². The van der Waals surface area contributed by atoms with Crippen molar-refractivity contribution in [2.24, 2.45) is 0 Å². The van der Waals surface area contributed by atoms with Gasteiger partial charge in [-0.15, -0.1) is 5.10 Å². The van der Waals surface area contributed by atoms with Gasteiger partial charge in [0.15, 0.2) is 0 Å². The number of rotatable bonds is 6. The van der Waals surface area contributed by atoms with E-state index in [1.54, 1.807) is 25.3 Å². The minimum Gasteiger partial charge on any atom is -0.497 e. The van der Waals surface area contributed by atoms with E-state index in [1.807, 2.05) is 0 Å². The third-order valence-electron chi connectivity index (χ3n) is 2.75. The van der Waals surface area contributed by atoms with E-state index in [4.69, 9.17) is 14.2 Å². The molecule has 2 N–H and O–H groups in total. The van der Waals surface area contributed by atoms with Crippen molar-refractivity contribution in [2.45, 2.75) is 6.42 Å². The van der Waals surface area contributed by atoms with E-state index in [2.05, 4.69) is 20.5 Å². The second-order valence-electron chi connectivity index (χ2n) is 4.07. The zero-order chi connectivity index (χ0) is 15.2. The summed E-state index contributed by atoms with van der Waals surface area (Å²) in [5.74, 6) is 1.22. The second-order valence-corrected chi connectivity index (χ2v) is 4.07. The molecule has 2 aromatic rings. The molecule has 0 spiro atoms. The first-order valence-electron chi connectivity index (χ1n) is 6.13. The summed E-state index contributed by atoms with van der Waals surface area (Å²) in [4.78, 5) is 15.9. The van der Waals surface area contributed by atoms with Gasteiger partial charge in [-0.1, -0.05) is 6.07 Å². The van der Waals surface area contributed by atoms with Crippen LogP contribution in [0.15, 0.2) is 18.2 Å². The number of amides is 1. The van der Waals surface area contributed by atoms with Gasteiger partial charge >= 0.3 is 6.01 Å². The Morgan fingerprint density at radius 1 is 1.24 bits per heavy atom. The summed E-state index contributed by atoms with van der Waals surface area (Å²) in [6.07, 6.45) is 0.135. The van der Waals surface area contributed by atoms with Crippen LogP contribution >= 0.6 is 0 Å². The van der Waals surface area contributed by atoms with Crippen molar-refractivity contribution < 1.29 is 19.0 Å². The molecule has 21 heavy (non-hydrogen) atoms. The molecular weight excluding hydrogens is 276 g/mol. The monoisotopic (exact) mass is 292 g/mol. The summed E-state index contributed by atoms with van der Waals surface area (Å²) in [7, 11) is 4.55. The number of nitrogens with zero attached hydrogens (tertiary/aromatic N) is 2.